The van der Waals surface area contributed by atoms with Crippen LogP contribution in [-0.4, -0.2) is 25.2 Å². The molecule has 0 saturated carbocycles. The van der Waals surface area contributed by atoms with Crippen molar-refractivity contribution in [3.8, 4) is 0 Å². The van der Waals surface area contributed by atoms with E-state index in [0.717, 1.165) is 17.4 Å². The third-order valence-electron chi connectivity index (χ3n) is 3.73. The van der Waals surface area contributed by atoms with Gasteiger partial charge in [-0.2, -0.15) is 0 Å². The summed E-state index contributed by atoms with van der Waals surface area (Å²) in [5, 5.41) is 4.74. The minimum absolute atomic E-state index is 0.131. The van der Waals surface area contributed by atoms with Crippen LogP contribution in [0.15, 0.2) is 28.7 Å². The van der Waals surface area contributed by atoms with Crippen molar-refractivity contribution in [2.45, 2.75) is 25.3 Å². The predicted molar refractivity (Wildman–Crippen MR) is 90.0 cm³/mol. The fourth-order valence-electron chi connectivity index (χ4n) is 2.68. The molecule has 2 aromatic rings. The van der Waals surface area contributed by atoms with Gasteiger partial charge in [-0.05, 0) is 30.9 Å². The van der Waals surface area contributed by atoms with Gasteiger partial charge in [0.2, 0.25) is 0 Å². The summed E-state index contributed by atoms with van der Waals surface area (Å²) >= 11 is 5.52. The molecule has 1 unspecified atom stereocenters. The standard InChI is InChI=1S/C16H19BrN2OS/c1-20-10-9-18-15(11-5-2-3-6-12(11)17)16-19-13-7-4-8-14(13)21-16/h2-3,5-6,15,18H,4,7-10H2,1H3. The molecule has 0 saturated heterocycles. The van der Waals surface area contributed by atoms with E-state index in [9.17, 15) is 0 Å². The van der Waals surface area contributed by atoms with Crippen LogP contribution in [0.3, 0.4) is 0 Å². The Bertz CT molecular complexity index is 593. The van der Waals surface area contributed by atoms with Gasteiger partial charge in [-0.1, -0.05) is 34.1 Å². The molecule has 0 aliphatic heterocycles. The number of methoxy groups -OCH3 is 1. The number of aryl methyl sites for hydroxylation is 2. The van der Waals surface area contributed by atoms with E-state index in [1.807, 2.05) is 17.4 Å². The number of rotatable bonds is 6. The number of nitrogens with one attached hydrogen (secondary N) is 1. The highest BCUT2D eigenvalue weighted by Crippen LogP contribution is 2.35. The second kappa shape index (κ2) is 7.01. The van der Waals surface area contributed by atoms with E-state index in [2.05, 4.69) is 39.4 Å². The van der Waals surface area contributed by atoms with Crippen molar-refractivity contribution in [2.75, 3.05) is 20.3 Å². The van der Waals surface area contributed by atoms with Crippen molar-refractivity contribution >= 4 is 27.3 Å². The fourth-order valence-corrected chi connectivity index (χ4v) is 4.44. The number of aromatic nitrogens is 1. The molecule has 5 heteroatoms. The average Bonchev–Trinajstić information content (AvgIpc) is 3.06. The molecular weight excluding hydrogens is 348 g/mol. The number of hydrogen-bond donors (Lipinski definition) is 1. The molecule has 1 aliphatic rings. The van der Waals surface area contributed by atoms with E-state index in [1.165, 1.54) is 34.0 Å². The summed E-state index contributed by atoms with van der Waals surface area (Å²) in [5.74, 6) is 0. The van der Waals surface area contributed by atoms with E-state index in [4.69, 9.17) is 9.72 Å². The highest BCUT2D eigenvalue weighted by atomic mass is 79.9. The van der Waals surface area contributed by atoms with Gasteiger partial charge in [0.15, 0.2) is 0 Å². The van der Waals surface area contributed by atoms with Crippen LogP contribution >= 0.6 is 27.3 Å². The number of hydrogen-bond acceptors (Lipinski definition) is 4. The summed E-state index contributed by atoms with van der Waals surface area (Å²) in [5.41, 5.74) is 2.54. The lowest BCUT2D eigenvalue weighted by molar-refractivity contribution is 0.197. The number of fused-ring (bicyclic) bond motifs is 1. The second-order valence-electron chi connectivity index (χ2n) is 5.18. The zero-order valence-corrected chi connectivity index (χ0v) is 14.5. The Balaban J connectivity index is 1.89. The maximum absolute atomic E-state index is 5.16. The Morgan fingerprint density at radius 2 is 2.24 bits per heavy atom. The molecule has 3 nitrogen and oxygen atoms in total. The molecule has 0 spiro atoms. The number of thiazole rings is 1. The van der Waals surface area contributed by atoms with Crippen LogP contribution in [0, 0.1) is 0 Å². The largest absolute Gasteiger partial charge is 0.383 e. The molecule has 0 radical (unpaired) electrons. The van der Waals surface area contributed by atoms with Gasteiger partial charge in [0.05, 0.1) is 18.3 Å². The van der Waals surface area contributed by atoms with Gasteiger partial charge in [-0.15, -0.1) is 11.3 Å². The van der Waals surface area contributed by atoms with Gasteiger partial charge in [-0.3, -0.25) is 0 Å². The Kier molecular flexibility index (Phi) is 5.06. The number of nitrogens with zero attached hydrogens (tertiary/aromatic N) is 1. The SMILES string of the molecule is COCCNC(c1nc2c(s1)CCC2)c1ccccc1Br. The molecule has 1 atom stereocenters. The summed E-state index contributed by atoms with van der Waals surface area (Å²) in [6.45, 7) is 1.51. The lowest BCUT2D eigenvalue weighted by atomic mass is 10.1. The Hall–Kier alpha value is -0.750. The van der Waals surface area contributed by atoms with Crippen LogP contribution in [0.5, 0.6) is 0 Å². The van der Waals surface area contributed by atoms with Gasteiger partial charge < -0.3 is 10.1 Å². The molecule has 1 aromatic carbocycles. The summed E-state index contributed by atoms with van der Waals surface area (Å²) < 4.78 is 6.28. The summed E-state index contributed by atoms with van der Waals surface area (Å²) in [6.07, 6.45) is 3.57. The summed E-state index contributed by atoms with van der Waals surface area (Å²) in [7, 11) is 1.73. The zero-order chi connectivity index (χ0) is 14.7. The van der Waals surface area contributed by atoms with Crippen LogP contribution in [-0.2, 0) is 17.6 Å². The Labute approximate surface area is 137 Å². The molecule has 3 rings (SSSR count). The number of benzene rings is 1. The first-order chi connectivity index (χ1) is 10.3. The normalized spacial score (nSPS) is 15.1. The average molecular weight is 367 g/mol. The first-order valence-corrected chi connectivity index (χ1v) is 8.85. The van der Waals surface area contributed by atoms with Crippen LogP contribution in [0.1, 0.15) is 33.6 Å². The molecule has 1 aliphatic carbocycles. The van der Waals surface area contributed by atoms with Crippen molar-refractivity contribution in [1.29, 1.82) is 0 Å². The quantitative estimate of drug-likeness (QED) is 0.791. The van der Waals surface area contributed by atoms with Gasteiger partial charge in [0, 0.05) is 23.0 Å². The van der Waals surface area contributed by atoms with Crippen molar-refractivity contribution in [2.24, 2.45) is 0 Å². The van der Waals surface area contributed by atoms with Gasteiger partial charge in [0.25, 0.3) is 0 Å². The predicted octanol–water partition coefficient (Wildman–Crippen LogP) is 3.72. The third kappa shape index (κ3) is 3.37. The molecular formula is C16H19BrN2OS. The van der Waals surface area contributed by atoms with Crippen LogP contribution in [0.4, 0.5) is 0 Å². The maximum atomic E-state index is 5.16. The number of ether oxygens (including phenoxy) is 1. The highest BCUT2D eigenvalue weighted by molar-refractivity contribution is 9.10. The molecule has 0 fully saturated rings. The molecule has 112 valence electrons. The fraction of sp³-hybridized carbons (Fsp3) is 0.438. The van der Waals surface area contributed by atoms with E-state index in [0.29, 0.717) is 6.61 Å². The second-order valence-corrected chi connectivity index (χ2v) is 7.15. The third-order valence-corrected chi connectivity index (χ3v) is 5.67. The minimum atomic E-state index is 0.131. The molecule has 1 heterocycles. The Morgan fingerprint density at radius 3 is 3.00 bits per heavy atom. The van der Waals surface area contributed by atoms with Gasteiger partial charge in [0.1, 0.15) is 5.01 Å². The molecule has 0 bridgehead atoms. The van der Waals surface area contributed by atoms with Crippen molar-refractivity contribution in [3.05, 3.63) is 49.9 Å². The molecule has 1 aromatic heterocycles. The minimum Gasteiger partial charge on any atom is -0.383 e. The van der Waals surface area contributed by atoms with Crippen LogP contribution in [0.2, 0.25) is 0 Å². The van der Waals surface area contributed by atoms with E-state index in [1.54, 1.807) is 7.11 Å². The van der Waals surface area contributed by atoms with Gasteiger partial charge in [-0.25, -0.2) is 4.98 Å². The van der Waals surface area contributed by atoms with Crippen molar-refractivity contribution in [3.63, 3.8) is 0 Å². The summed E-state index contributed by atoms with van der Waals surface area (Å²) in [4.78, 5) is 6.35. The van der Waals surface area contributed by atoms with E-state index in [-0.39, 0.29) is 6.04 Å². The van der Waals surface area contributed by atoms with Crippen LogP contribution < -0.4 is 5.32 Å². The van der Waals surface area contributed by atoms with Gasteiger partial charge >= 0.3 is 0 Å². The Morgan fingerprint density at radius 1 is 1.38 bits per heavy atom. The van der Waals surface area contributed by atoms with Crippen molar-refractivity contribution in [1.82, 2.24) is 10.3 Å². The smallest absolute Gasteiger partial charge is 0.115 e. The lowest BCUT2D eigenvalue weighted by Crippen LogP contribution is -2.26. The lowest BCUT2D eigenvalue weighted by Gasteiger charge is -2.18. The molecule has 0 amide bonds. The van der Waals surface area contributed by atoms with E-state index < -0.39 is 0 Å². The highest BCUT2D eigenvalue weighted by Gasteiger charge is 2.24. The summed E-state index contributed by atoms with van der Waals surface area (Å²) in [6, 6.07) is 8.49. The molecule has 1 N–H and O–H groups in total. The first-order valence-electron chi connectivity index (χ1n) is 7.25. The van der Waals surface area contributed by atoms with Crippen LogP contribution in [0.25, 0.3) is 0 Å². The topological polar surface area (TPSA) is 34.1 Å². The van der Waals surface area contributed by atoms with Crippen molar-refractivity contribution < 1.29 is 4.74 Å². The zero-order valence-electron chi connectivity index (χ0n) is 12.1. The maximum Gasteiger partial charge on any atom is 0.115 e. The number of halogens is 1. The first kappa shape index (κ1) is 15.2. The molecule has 21 heavy (non-hydrogen) atoms. The van der Waals surface area contributed by atoms with E-state index >= 15 is 0 Å². The monoisotopic (exact) mass is 366 g/mol.